The molecule has 2 fully saturated rings. The number of fused-ring (bicyclic) bond motifs is 1. The standard InChI is InChI=1S/C17H19NO2/c1-2-20-16(19)17-12-9-6-10-13(14(12)17)18-15(17)11-7-4-3-5-8-11/h3-5,7-8,12-14H,2,6,9-10H2,1H3. The topological polar surface area (TPSA) is 38.7 Å². The lowest BCUT2D eigenvalue weighted by atomic mass is 9.90. The van der Waals surface area contributed by atoms with Crippen LogP contribution in [0.1, 0.15) is 31.7 Å². The van der Waals surface area contributed by atoms with E-state index in [0.717, 1.165) is 24.1 Å². The van der Waals surface area contributed by atoms with Crippen molar-refractivity contribution in [2.45, 2.75) is 32.2 Å². The Morgan fingerprint density at radius 3 is 2.85 bits per heavy atom. The number of nitrogens with zero attached hydrogens (tertiary/aromatic N) is 1. The van der Waals surface area contributed by atoms with Gasteiger partial charge in [-0.1, -0.05) is 36.8 Å². The first-order chi connectivity index (χ1) is 9.80. The Morgan fingerprint density at radius 1 is 1.35 bits per heavy atom. The molecule has 0 bridgehead atoms. The molecule has 1 aromatic carbocycles. The van der Waals surface area contributed by atoms with Crippen molar-refractivity contribution in [3.8, 4) is 0 Å². The summed E-state index contributed by atoms with van der Waals surface area (Å²) >= 11 is 0. The summed E-state index contributed by atoms with van der Waals surface area (Å²) in [5.74, 6) is 0.834. The second-order valence-corrected chi connectivity index (χ2v) is 6.06. The van der Waals surface area contributed by atoms with E-state index in [1.165, 1.54) is 6.42 Å². The molecule has 0 spiro atoms. The van der Waals surface area contributed by atoms with Gasteiger partial charge in [0.25, 0.3) is 0 Å². The molecule has 0 amide bonds. The zero-order valence-corrected chi connectivity index (χ0v) is 11.7. The van der Waals surface area contributed by atoms with E-state index in [-0.39, 0.29) is 5.97 Å². The quantitative estimate of drug-likeness (QED) is 0.791. The average molecular weight is 269 g/mol. The molecule has 2 saturated carbocycles. The highest BCUT2D eigenvalue weighted by Gasteiger charge is 2.78. The monoisotopic (exact) mass is 269 g/mol. The van der Waals surface area contributed by atoms with Gasteiger partial charge in [0.15, 0.2) is 0 Å². The average Bonchev–Trinajstić information content (AvgIpc) is 3.02. The maximum Gasteiger partial charge on any atom is 0.318 e. The predicted octanol–water partition coefficient (Wildman–Crippen LogP) is 2.84. The van der Waals surface area contributed by atoms with Crippen molar-refractivity contribution in [1.29, 1.82) is 0 Å². The van der Waals surface area contributed by atoms with Crippen molar-refractivity contribution in [1.82, 2.24) is 0 Å². The molecule has 3 aliphatic rings. The van der Waals surface area contributed by atoms with Gasteiger partial charge < -0.3 is 4.74 Å². The van der Waals surface area contributed by atoms with Gasteiger partial charge in [0.2, 0.25) is 0 Å². The molecule has 4 unspecified atom stereocenters. The van der Waals surface area contributed by atoms with Gasteiger partial charge in [0, 0.05) is 5.92 Å². The van der Waals surface area contributed by atoms with Gasteiger partial charge in [-0.3, -0.25) is 9.79 Å². The Bertz CT molecular complexity index is 580. The van der Waals surface area contributed by atoms with Crippen molar-refractivity contribution in [3.05, 3.63) is 35.9 Å². The van der Waals surface area contributed by atoms with Crippen molar-refractivity contribution in [3.63, 3.8) is 0 Å². The highest BCUT2D eigenvalue weighted by atomic mass is 16.5. The molecular formula is C17H19NO2. The lowest BCUT2D eigenvalue weighted by Crippen LogP contribution is -2.30. The fourth-order valence-electron chi connectivity index (χ4n) is 4.49. The van der Waals surface area contributed by atoms with Crippen molar-refractivity contribution in [2.75, 3.05) is 6.61 Å². The first-order valence-corrected chi connectivity index (χ1v) is 7.61. The van der Waals surface area contributed by atoms with Crippen LogP contribution < -0.4 is 0 Å². The van der Waals surface area contributed by atoms with Crippen molar-refractivity contribution in [2.24, 2.45) is 22.2 Å². The lowest BCUT2D eigenvalue weighted by Gasteiger charge is -2.20. The maximum atomic E-state index is 12.6. The summed E-state index contributed by atoms with van der Waals surface area (Å²) in [7, 11) is 0. The molecule has 0 N–H and O–H groups in total. The van der Waals surface area contributed by atoms with Crippen LogP contribution >= 0.6 is 0 Å². The number of esters is 1. The number of carbonyl (C=O) groups excluding carboxylic acids is 1. The Kier molecular flexibility index (Phi) is 2.53. The summed E-state index contributed by atoms with van der Waals surface area (Å²) in [5.41, 5.74) is 1.67. The van der Waals surface area contributed by atoms with Gasteiger partial charge in [0.05, 0.1) is 18.4 Å². The number of hydrogen-bond donors (Lipinski definition) is 0. The minimum Gasteiger partial charge on any atom is -0.465 e. The summed E-state index contributed by atoms with van der Waals surface area (Å²) in [6, 6.07) is 10.5. The number of hydrogen-bond acceptors (Lipinski definition) is 3. The lowest BCUT2D eigenvalue weighted by molar-refractivity contribution is -0.147. The number of ether oxygens (including phenoxy) is 1. The molecule has 3 nitrogen and oxygen atoms in total. The highest BCUT2D eigenvalue weighted by molar-refractivity contribution is 6.20. The van der Waals surface area contributed by atoms with Gasteiger partial charge in [-0.05, 0) is 31.2 Å². The van der Waals surface area contributed by atoms with Crippen LogP contribution in [0.15, 0.2) is 35.3 Å². The van der Waals surface area contributed by atoms with E-state index in [9.17, 15) is 4.79 Å². The van der Waals surface area contributed by atoms with E-state index in [1.54, 1.807) is 0 Å². The van der Waals surface area contributed by atoms with E-state index >= 15 is 0 Å². The zero-order chi connectivity index (χ0) is 13.7. The molecule has 0 saturated heterocycles. The van der Waals surface area contributed by atoms with Crippen molar-refractivity contribution >= 4 is 11.7 Å². The maximum absolute atomic E-state index is 12.6. The fraction of sp³-hybridized carbons (Fsp3) is 0.529. The molecule has 3 heteroatoms. The third kappa shape index (κ3) is 1.36. The third-order valence-electron chi connectivity index (χ3n) is 5.21. The summed E-state index contributed by atoms with van der Waals surface area (Å²) in [6.07, 6.45) is 3.46. The molecule has 4 rings (SSSR count). The fourth-order valence-corrected chi connectivity index (χ4v) is 4.49. The summed E-state index contributed by atoms with van der Waals surface area (Å²) in [6.45, 7) is 2.33. The van der Waals surface area contributed by atoms with Gasteiger partial charge in [-0.25, -0.2) is 0 Å². The van der Waals surface area contributed by atoms with Crippen LogP contribution in [-0.4, -0.2) is 24.3 Å². The van der Waals surface area contributed by atoms with Gasteiger partial charge in [-0.2, -0.15) is 0 Å². The zero-order valence-electron chi connectivity index (χ0n) is 11.7. The van der Waals surface area contributed by atoms with E-state index in [0.29, 0.717) is 24.5 Å². The number of benzene rings is 1. The van der Waals surface area contributed by atoms with Gasteiger partial charge in [0.1, 0.15) is 5.41 Å². The number of carbonyl (C=O) groups is 1. The smallest absolute Gasteiger partial charge is 0.318 e. The Hall–Kier alpha value is -1.64. The van der Waals surface area contributed by atoms with E-state index in [2.05, 4.69) is 12.1 Å². The molecule has 1 aliphatic heterocycles. The first kappa shape index (κ1) is 12.1. The van der Waals surface area contributed by atoms with E-state index < -0.39 is 5.41 Å². The molecule has 2 aliphatic carbocycles. The number of aliphatic imine (C=N–C) groups is 1. The molecule has 0 radical (unpaired) electrons. The molecule has 1 aromatic rings. The third-order valence-corrected chi connectivity index (χ3v) is 5.21. The van der Waals surface area contributed by atoms with E-state index in [4.69, 9.17) is 9.73 Å². The number of rotatable bonds is 3. The van der Waals surface area contributed by atoms with Crippen molar-refractivity contribution < 1.29 is 9.53 Å². The summed E-state index contributed by atoms with van der Waals surface area (Å²) < 4.78 is 5.41. The van der Waals surface area contributed by atoms with Crippen LogP contribution in [0.25, 0.3) is 0 Å². The van der Waals surface area contributed by atoms with Crippen LogP contribution in [0.2, 0.25) is 0 Å². The Morgan fingerprint density at radius 2 is 2.15 bits per heavy atom. The Balaban J connectivity index is 1.79. The Labute approximate surface area is 119 Å². The normalized spacial score (nSPS) is 37.0. The minimum absolute atomic E-state index is 0.0398. The minimum atomic E-state index is -0.418. The SMILES string of the molecule is CCOC(=O)C12C(c3ccccc3)=NC3CCCC1C32. The van der Waals surface area contributed by atoms with Crippen LogP contribution in [0.5, 0.6) is 0 Å². The molecule has 4 atom stereocenters. The first-order valence-electron chi connectivity index (χ1n) is 7.61. The van der Waals surface area contributed by atoms with Crippen LogP contribution in [-0.2, 0) is 9.53 Å². The van der Waals surface area contributed by atoms with Crippen LogP contribution in [0, 0.1) is 17.3 Å². The molecule has 20 heavy (non-hydrogen) atoms. The van der Waals surface area contributed by atoms with Crippen LogP contribution in [0.3, 0.4) is 0 Å². The molecule has 1 heterocycles. The largest absolute Gasteiger partial charge is 0.465 e. The van der Waals surface area contributed by atoms with Crippen LogP contribution in [0.4, 0.5) is 0 Å². The van der Waals surface area contributed by atoms with E-state index in [1.807, 2.05) is 25.1 Å². The molecule has 0 aromatic heterocycles. The second-order valence-electron chi connectivity index (χ2n) is 6.06. The summed E-state index contributed by atoms with van der Waals surface area (Å²) in [4.78, 5) is 17.5. The highest BCUT2D eigenvalue weighted by Crippen LogP contribution is 2.71. The summed E-state index contributed by atoms with van der Waals surface area (Å²) in [5, 5.41) is 0. The predicted molar refractivity (Wildman–Crippen MR) is 76.7 cm³/mol. The van der Waals surface area contributed by atoms with Gasteiger partial charge >= 0.3 is 5.97 Å². The molecule has 104 valence electrons. The molecular weight excluding hydrogens is 250 g/mol. The van der Waals surface area contributed by atoms with Gasteiger partial charge in [-0.15, -0.1) is 0 Å². The second kappa shape index (κ2) is 4.18.